The number of hydrogen-bond donors (Lipinski definition) is 1. The number of carbonyl (C=O) groups is 1. The molecule has 8 nitrogen and oxygen atoms in total. The molecule has 0 saturated carbocycles. The van der Waals surface area contributed by atoms with Gasteiger partial charge in [-0.1, -0.05) is 6.07 Å². The second-order valence-electron chi connectivity index (χ2n) is 7.04. The van der Waals surface area contributed by atoms with Crippen LogP contribution in [-0.2, 0) is 14.8 Å². The highest BCUT2D eigenvalue weighted by molar-refractivity contribution is 7.92. The fraction of sp³-hybridized carbons (Fsp3) is 0.409. The van der Waals surface area contributed by atoms with E-state index in [4.69, 9.17) is 14.2 Å². The standard InChI is InChI=1S/C22H30N2O6S/c1-16(20-15-19(29-3)11-12-21(20)30-4)23-22(25)10-7-13-24(31(5,26)27)17-8-6-9-18(14-17)28-2/h6,8-9,11-12,14-16H,7,10,13H2,1-5H3,(H,23,25)/t16-/m1/s1. The first kappa shape index (κ1) is 24.3. The summed E-state index contributed by atoms with van der Waals surface area (Å²) in [5.41, 5.74) is 1.29. The van der Waals surface area contributed by atoms with Crippen molar-refractivity contribution in [3.05, 3.63) is 48.0 Å². The number of benzene rings is 2. The Bertz CT molecular complexity index is 993. The first-order chi connectivity index (χ1) is 14.7. The minimum Gasteiger partial charge on any atom is -0.497 e. The van der Waals surface area contributed by atoms with Gasteiger partial charge in [-0.05, 0) is 43.7 Å². The Labute approximate surface area is 184 Å². The topological polar surface area (TPSA) is 94.2 Å². The minimum atomic E-state index is -3.51. The highest BCUT2D eigenvalue weighted by Crippen LogP contribution is 2.29. The zero-order valence-electron chi connectivity index (χ0n) is 18.5. The van der Waals surface area contributed by atoms with Gasteiger partial charge in [0, 0.05) is 24.6 Å². The van der Waals surface area contributed by atoms with E-state index in [1.807, 2.05) is 13.0 Å². The molecule has 0 saturated heterocycles. The molecule has 0 radical (unpaired) electrons. The van der Waals surface area contributed by atoms with Crippen molar-refractivity contribution in [1.82, 2.24) is 5.32 Å². The maximum atomic E-state index is 12.5. The van der Waals surface area contributed by atoms with Gasteiger partial charge in [0.05, 0.1) is 39.3 Å². The van der Waals surface area contributed by atoms with Gasteiger partial charge in [-0.2, -0.15) is 0 Å². The van der Waals surface area contributed by atoms with Gasteiger partial charge in [0.1, 0.15) is 17.2 Å². The van der Waals surface area contributed by atoms with Gasteiger partial charge in [0.15, 0.2) is 0 Å². The normalized spacial score (nSPS) is 12.0. The summed E-state index contributed by atoms with van der Waals surface area (Å²) in [6.45, 7) is 2.03. The van der Waals surface area contributed by atoms with Crippen LogP contribution < -0.4 is 23.8 Å². The van der Waals surface area contributed by atoms with Crippen LogP contribution in [0.2, 0.25) is 0 Å². The number of carbonyl (C=O) groups excluding carboxylic acids is 1. The number of sulfonamides is 1. The lowest BCUT2D eigenvalue weighted by molar-refractivity contribution is -0.121. The average molecular weight is 451 g/mol. The number of anilines is 1. The molecule has 2 rings (SSSR count). The average Bonchev–Trinajstić information content (AvgIpc) is 2.75. The Morgan fingerprint density at radius 3 is 2.32 bits per heavy atom. The summed E-state index contributed by atoms with van der Waals surface area (Å²) in [5.74, 6) is 1.69. The maximum absolute atomic E-state index is 12.5. The van der Waals surface area contributed by atoms with Crippen LogP contribution >= 0.6 is 0 Å². The molecule has 0 spiro atoms. The molecule has 0 aromatic heterocycles. The lowest BCUT2D eigenvalue weighted by Gasteiger charge is -2.23. The zero-order chi connectivity index (χ0) is 23.0. The molecule has 1 amide bonds. The fourth-order valence-electron chi connectivity index (χ4n) is 3.20. The molecule has 0 unspecified atom stereocenters. The van der Waals surface area contributed by atoms with E-state index in [2.05, 4.69) is 5.32 Å². The zero-order valence-corrected chi connectivity index (χ0v) is 19.4. The van der Waals surface area contributed by atoms with Crippen LogP contribution in [0, 0.1) is 0 Å². The fourth-order valence-corrected chi connectivity index (χ4v) is 4.16. The smallest absolute Gasteiger partial charge is 0.232 e. The number of rotatable bonds is 11. The molecule has 170 valence electrons. The maximum Gasteiger partial charge on any atom is 0.232 e. The largest absolute Gasteiger partial charge is 0.497 e. The van der Waals surface area contributed by atoms with Crippen molar-refractivity contribution in [2.24, 2.45) is 0 Å². The molecule has 0 aliphatic heterocycles. The third-order valence-corrected chi connectivity index (χ3v) is 5.98. The van der Waals surface area contributed by atoms with Gasteiger partial charge in [0.25, 0.3) is 0 Å². The number of nitrogens with zero attached hydrogens (tertiary/aromatic N) is 1. The molecular formula is C22H30N2O6S. The second-order valence-corrected chi connectivity index (χ2v) is 8.94. The van der Waals surface area contributed by atoms with Crippen molar-refractivity contribution >= 4 is 21.6 Å². The van der Waals surface area contributed by atoms with Crippen molar-refractivity contribution in [2.75, 3.05) is 38.4 Å². The third-order valence-electron chi connectivity index (χ3n) is 4.79. The molecular weight excluding hydrogens is 420 g/mol. The van der Waals surface area contributed by atoms with E-state index in [1.165, 1.54) is 11.4 Å². The Balaban J connectivity index is 2.01. The lowest BCUT2D eigenvalue weighted by Crippen LogP contribution is -2.32. The van der Waals surface area contributed by atoms with Crippen LogP contribution in [0.3, 0.4) is 0 Å². The van der Waals surface area contributed by atoms with Crippen LogP contribution in [0.15, 0.2) is 42.5 Å². The summed E-state index contributed by atoms with van der Waals surface area (Å²) in [6.07, 6.45) is 1.67. The molecule has 31 heavy (non-hydrogen) atoms. The Morgan fingerprint density at radius 2 is 1.71 bits per heavy atom. The monoisotopic (exact) mass is 450 g/mol. The first-order valence-corrected chi connectivity index (χ1v) is 11.7. The van der Waals surface area contributed by atoms with E-state index in [9.17, 15) is 13.2 Å². The first-order valence-electron chi connectivity index (χ1n) is 9.82. The quantitative estimate of drug-likeness (QED) is 0.565. The predicted molar refractivity (Wildman–Crippen MR) is 121 cm³/mol. The van der Waals surface area contributed by atoms with E-state index < -0.39 is 10.0 Å². The molecule has 0 fully saturated rings. The summed E-state index contributed by atoms with van der Waals surface area (Å²) in [6, 6.07) is 11.9. The molecule has 1 N–H and O–H groups in total. The summed E-state index contributed by atoms with van der Waals surface area (Å²) in [7, 11) is 1.15. The van der Waals surface area contributed by atoms with Crippen molar-refractivity contribution < 1.29 is 27.4 Å². The second kappa shape index (κ2) is 10.9. The SMILES string of the molecule is COc1cccc(N(CCCC(=O)N[C@H](C)c2cc(OC)ccc2OC)S(C)(=O)=O)c1. The third kappa shape index (κ3) is 6.78. The van der Waals surface area contributed by atoms with E-state index in [-0.39, 0.29) is 24.9 Å². The van der Waals surface area contributed by atoms with Crippen LogP contribution in [0.4, 0.5) is 5.69 Å². The van der Waals surface area contributed by atoms with Crippen LogP contribution in [0.5, 0.6) is 17.2 Å². The number of ether oxygens (including phenoxy) is 3. The molecule has 0 aliphatic carbocycles. The van der Waals surface area contributed by atoms with Crippen LogP contribution in [-0.4, -0.2) is 48.5 Å². The van der Waals surface area contributed by atoms with Gasteiger partial charge in [-0.15, -0.1) is 0 Å². The molecule has 9 heteroatoms. The molecule has 2 aromatic carbocycles. The lowest BCUT2D eigenvalue weighted by atomic mass is 10.1. The van der Waals surface area contributed by atoms with Gasteiger partial charge >= 0.3 is 0 Å². The minimum absolute atomic E-state index is 0.173. The highest BCUT2D eigenvalue weighted by atomic mass is 32.2. The van der Waals surface area contributed by atoms with Gasteiger partial charge in [-0.25, -0.2) is 8.42 Å². The van der Waals surface area contributed by atoms with Crippen molar-refractivity contribution in [2.45, 2.75) is 25.8 Å². The van der Waals surface area contributed by atoms with Crippen LogP contribution in [0.25, 0.3) is 0 Å². The molecule has 2 aromatic rings. The Kier molecular flexibility index (Phi) is 8.56. The highest BCUT2D eigenvalue weighted by Gasteiger charge is 2.19. The molecule has 1 atom stereocenters. The van der Waals surface area contributed by atoms with E-state index in [0.717, 1.165) is 11.8 Å². The van der Waals surface area contributed by atoms with Gasteiger partial charge in [-0.3, -0.25) is 9.10 Å². The molecule has 0 aliphatic rings. The number of nitrogens with one attached hydrogen (secondary N) is 1. The Morgan fingerprint density at radius 1 is 1.03 bits per heavy atom. The van der Waals surface area contributed by atoms with Crippen molar-refractivity contribution in [3.63, 3.8) is 0 Å². The molecule has 0 bridgehead atoms. The van der Waals surface area contributed by atoms with E-state index >= 15 is 0 Å². The van der Waals surface area contributed by atoms with Gasteiger partial charge in [0.2, 0.25) is 15.9 Å². The number of amides is 1. The predicted octanol–water partition coefficient (Wildman–Crippen LogP) is 3.14. The van der Waals surface area contributed by atoms with Crippen LogP contribution in [0.1, 0.15) is 31.4 Å². The Hall–Kier alpha value is -2.94. The number of methoxy groups -OCH3 is 3. The molecule has 0 heterocycles. The van der Waals surface area contributed by atoms with E-state index in [0.29, 0.717) is 29.4 Å². The summed E-state index contributed by atoms with van der Waals surface area (Å²) >= 11 is 0. The van der Waals surface area contributed by atoms with Crippen molar-refractivity contribution in [1.29, 1.82) is 0 Å². The summed E-state index contributed by atoms with van der Waals surface area (Å²) in [5, 5.41) is 2.93. The van der Waals surface area contributed by atoms with Crippen molar-refractivity contribution in [3.8, 4) is 17.2 Å². The summed E-state index contributed by atoms with van der Waals surface area (Å²) in [4.78, 5) is 12.5. The number of hydrogen-bond acceptors (Lipinski definition) is 6. The summed E-state index contributed by atoms with van der Waals surface area (Å²) < 4.78 is 41.6. The van der Waals surface area contributed by atoms with E-state index in [1.54, 1.807) is 50.6 Å². The van der Waals surface area contributed by atoms with Gasteiger partial charge < -0.3 is 19.5 Å².